The van der Waals surface area contributed by atoms with Crippen molar-refractivity contribution in [2.24, 2.45) is 0 Å². The molecular weight excluding hydrogens is 267 g/mol. The highest BCUT2D eigenvalue weighted by atomic mass is 79.9. The van der Waals surface area contributed by atoms with Crippen LogP contribution in [0.25, 0.3) is 0 Å². The standard InChI is InChI=1S/C9H8BrClN2O/c10-6-2-1-5(3-7(6)11)9-12-4-8(14)13-9/h1-3,9,12H,4H2,(H,13,14). The van der Waals surface area contributed by atoms with Gasteiger partial charge in [0.1, 0.15) is 6.17 Å². The Morgan fingerprint density at radius 2 is 2.29 bits per heavy atom. The topological polar surface area (TPSA) is 41.1 Å². The van der Waals surface area contributed by atoms with Crippen molar-refractivity contribution in [3.63, 3.8) is 0 Å². The summed E-state index contributed by atoms with van der Waals surface area (Å²) in [6.45, 7) is 0.359. The molecule has 0 radical (unpaired) electrons. The molecule has 0 saturated carbocycles. The monoisotopic (exact) mass is 274 g/mol. The van der Waals surface area contributed by atoms with Crippen molar-refractivity contribution in [3.8, 4) is 0 Å². The van der Waals surface area contributed by atoms with Gasteiger partial charge in [0.2, 0.25) is 5.91 Å². The lowest BCUT2D eigenvalue weighted by Gasteiger charge is -2.11. The van der Waals surface area contributed by atoms with E-state index in [1.807, 2.05) is 18.2 Å². The van der Waals surface area contributed by atoms with Gasteiger partial charge in [0, 0.05) is 4.47 Å². The summed E-state index contributed by atoms with van der Waals surface area (Å²) in [7, 11) is 0. The van der Waals surface area contributed by atoms with Gasteiger partial charge >= 0.3 is 0 Å². The van der Waals surface area contributed by atoms with Crippen LogP contribution in [-0.2, 0) is 4.79 Å². The van der Waals surface area contributed by atoms with Gasteiger partial charge in [-0.3, -0.25) is 10.1 Å². The summed E-state index contributed by atoms with van der Waals surface area (Å²) in [6, 6.07) is 5.61. The fraction of sp³-hybridized carbons (Fsp3) is 0.222. The Labute approximate surface area is 95.0 Å². The van der Waals surface area contributed by atoms with Crippen molar-refractivity contribution >= 4 is 33.4 Å². The summed E-state index contributed by atoms with van der Waals surface area (Å²) in [6.07, 6.45) is -0.118. The highest BCUT2D eigenvalue weighted by Crippen LogP contribution is 2.25. The van der Waals surface area contributed by atoms with E-state index in [0.29, 0.717) is 11.6 Å². The van der Waals surface area contributed by atoms with E-state index in [2.05, 4.69) is 26.6 Å². The van der Waals surface area contributed by atoms with E-state index < -0.39 is 0 Å². The van der Waals surface area contributed by atoms with Crippen molar-refractivity contribution in [2.45, 2.75) is 6.17 Å². The van der Waals surface area contributed by atoms with Gasteiger partial charge in [-0.25, -0.2) is 0 Å². The lowest BCUT2D eigenvalue weighted by Crippen LogP contribution is -2.22. The number of rotatable bonds is 1. The van der Waals surface area contributed by atoms with Crippen LogP contribution in [0.1, 0.15) is 11.7 Å². The van der Waals surface area contributed by atoms with Gasteiger partial charge in [-0.05, 0) is 33.6 Å². The van der Waals surface area contributed by atoms with Crippen molar-refractivity contribution < 1.29 is 4.79 Å². The number of carbonyl (C=O) groups is 1. The molecule has 1 amide bonds. The maximum absolute atomic E-state index is 11.0. The zero-order valence-electron chi connectivity index (χ0n) is 7.18. The molecule has 1 fully saturated rings. The highest BCUT2D eigenvalue weighted by Gasteiger charge is 2.21. The minimum absolute atomic E-state index is 0.00837. The molecule has 14 heavy (non-hydrogen) atoms. The minimum atomic E-state index is -0.118. The summed E-state index contributed by atoms with van der Waals surface area (Å²) in [5, 5.41) is 6.47. The van der Waals surface area contributed by atoms with Gasteiger partial charge < -0.3 is 5.32 Å². The molecule has 2 rings (SSSR count). The normalized spacial score (nSPS) is 21.0. The minimum Gasteiger partial charge on any atom is -0.336 e. The van der Waals surface area contributed by atoms with Crippen molar-refractivity contribution in [2.75, 3.05) is 6.54 Å². The summed E-state index contributed by atoms with van der Waals surface area (Å²) in [5.41, 5.74) is 0.962. The molecule has 3 nitrogen and oxygen atoms in total. The summed E-state index contributed by atoms with van der Waals surface area (Å²) >= 11 is 9.25. The van der Waals surface area contributed by atoms with Gasteiger partial charge in [0.25, 0.3) is 0 Å². The fourth-order valence-corrected chi connectivity index (χ4v) is 1.79. The highest BCUT2D eigenvalue weighted by molar-refractivity contribution is 9.10. The third-order valence-corrected chi connectivity index (χ3v) is 3.28. The molecular formula is C9H8BrClN2O. The van der Waals surface area contributed by atoms with Gasteiger partial charge in [-0.2, -0.15) is 0 Å². The lowest BCUT2D eigenvalue weighted by molar-refractivity contribution is -0.118. The predicted octanol–water partition coefficient (Wildman–Crippen LogP) is 1.82. The molecule has 1 atom stereocenters. The van der Waals surface area contributed by atoms with Crippen LogP contribution in [-0.4, -0.2) is 12.5 Å². The Morgan fingerprint density at radius 3 is 2.86 bits per heavy atom. The second-order valence-electron chi connectivity index (χ2n) is 3.05. The summed E-state index contributed by atoms with van der Waals surface area (Å²) < 4.78 is 0.854. The van der Waals surface area contributed by atoms with Crippen molar-refractivity contribution in [3.05, 3.63) is 33.3 Å². The van der Waals surface area contributed by atoms with Crippen LogP contribution in [0, 0.1) is 0 Å². The van der Waals surface area contributed by atoms with E-state index >= 15 is 0 Å². The molecule has 1 heterocycles. The van der Waals surface area contributed by atoms with Gasteiger partial charge in [0.05, 0.1) is 11.6 Å². The van der Waals surface area contributed by atoms with E-state index in [4.69, 9.17) is 11.6 Å². The lowest BCUT2D eigenvalue weighted by atomic mass is 10.2. The largest absolute Gasteiger partial charge is 0.336 e. The van der Waals surface area contributed by atoms with E-state index in [9.17, 15) is 4.79 Å². The van der Waals surface area contributed by atoms with E-state index in [1.165, 1.54) is 0 Å². The van der Waals surface area contributed by atoms with E-state index in [1.54, 1.807) is 0 Å². The number of amides is 1. The Hall–Kier alpha value is -0.580. The molecule has 1 unspecified atom stereocenters. The van der Waals surface area contributed by atoms with E-state index in [0.717, 1.165) is 10.0 Å². The molecule has 1 aromatic rings. The van der Waals surface area contributed by atoms with Crippen LogP contribution in [0.4, 0.5) is 0 Å². The SMILES string of the molecule is O=C1CNC(c2ccc(Br)c(Cl)c2)N1. The van der Waals surface area contributed by atoms with Crippen LogP contribution < -0.4 is 10.6 Å². The third-order valence-electron chi connectivity index (χ3n) is 2.05. The Bertz CT molecular complexity index is 383. The van der Waals surface area contributed by atoms with E-state index in [-0.39, 0.29) is 12.1 Å². The maximum atomic E-state index is 11.0. The first-order valence-electron chi connectivity index (χ1n) is 4.14. The van der Waals surface area contributed by atoms with Gasteiger partial charge in [-0.1, -0.05) is 17.7 Å². The first-order valence-corrected chi connectivity index (χ1v) is 5.31. The van der Waals surface area contributed by atoms with Gasteiger partial charge in [-0.15, -0.1) is 0 Å². The Morgan fingerprint density at radius 1 is 1.50 bits per heavy atom. The van der Waals surface area contributed by atoms with Gasteiger partial charge in [0.15, 0.2) is 0 Å². The zero-order valence-corrected chi connectivity index (χ0v) is 9.52. The molecule has 1 aliphatic rings. The Balaban J connectivity index is 2.24. The quantitative estimate of drug-likeness (QED) is 0.821. The summed E-state index contributed by atoms with van der Waals surface area (Å²) in [5.74, 6) is 0.00837. The fourth-order valence-electron chi connectivity index (χ4n) is 1.35. The molecule has 2 N–H and O–H groups in total. The predicted molar refractivity (Wildman–Crippen MR) is 58.0 cm³/mol. The Kier molecular flexibility index (Phi) is 2.76. The molecule has 74 valence electrons. The molecule has 0 aromatic heterocycles. The summed E-state index contributed by atoms with van der Waals surface area (Å²) in [4.78, 5) is 11.0. The molecule has 1 aliphatic heterocycles. The first-order chi connectivity index (χ1) is 6.66. The molecule has 1 saturated heterocycles. The van der Waals surface area contributed by atoms with Crippen LogP contribution in [0.2, 0.25) is 5.02 Å². The third kappa shape index (κ3) is 1.92. The molecule has 0 aliphatic carbocycles. The maximum Gasteiger partial charge on any atom is 0.235 e. The number of benzene rings is 1. The van der Waals surface area contributed by atoms with Crippen LogP contribution >= 0.6 is 27.5 Å². The average Bonchev–Trinajstić information content (AvgIpc) is 2.57. The first kappa shape index (κ1) is 9.96. The van der Waals surface area contributed by atoms with Crippen LogP contribution in [0.15, 0.2) is 22.7 Å². The molecule has 5 heteroatoms. The number of hydrogen-bond acceptors (Lipinski definition) is 2. The molecule has 1 aromatic carbocycles. The van der Waals surface area contributed by atoms with Crippen LogP contribution in [0.5, 0.6) is 0 Å². The molecule has 0 bridgehead atoms. The average molecular weight is 276 g/mol. The molecule has 0 spiro atoms. The number of hydrogen-bond donors (Lipinski definition) is 2. The van der Waals surface area contributed by atoms with Crippen LogP contribution in [0.3, 0.4) is 0 Å². The zero-order chi connectivity index (χ0) is 10.1. The number of halogens is 2. The second kappa shape index (κ2) is 3.88. The second-order valence-corrected chi connectivity index (χ2v) is 4.32. The smallest absolute Gasteiger partial charge is 0.235 e. The number of nitrogens with one attached hydrogen (secondary N) is 2. The van der Waals surface area contributed by atoms with Crippen molar-refractivity contribution in [1.29, 1.82) is 0 Å². The van der Waals surface area contributed by atoms with Crippen molar-refractivity contribution in [1.82, 2.24) is 10.6 Å². The number of carbonyl (C=O) groups excluding carboxylic acids is 1.